The Morgan fingerprint density at radius 3 is 2.68 bits per heavy atom. The highest BCUT2D eigenvalue weighted by molar-refractivity contribution is 6.35. The van der Waals surface area contributed by atoms with Crippen molar-refractivity contribution >= 4 is 46.7 Å². The van der Waals surface area contributed by atoms with E-state index in [9.17, 15) is 4.79 Å². The zero-order valence-corrected chi connectivity index (χ0v) is 21.3. The molecule has 2 aliphatic heterocycles. The first-order valence-electron chi connectivity index (χ1n) is 11.6. The van der Waals surface area contributed by atoms with E-state index in [2.05, 4.69) is 19.8 Å². The molecule has 2 saturated heterocycles. The number of halogens is 3. The van der Waals surface area contributed by atoms with Crippen LogP contribution in [0.15, 0.2) is 18.2 Å². The molecule has 0 bridgehead atoms. The molecule has 0 amide bonds. The fraction of sp³-hybridized carbons (Fsp3) is 0.542. The molecule has 1 aromatic heterocycles. The Morgan fingerprint density at radius 1 is 1.21 bits per heavy atom. The van der Waals surface area contributed by atoms with Gasteiger partial charge in [-0.05, 0) is 50.2 Å². The van der Waals surface area contributed by atoms with Crippen molar-refractivity contribution in [3.63, 3.8) is 0 Å². The van der Waals surface area contributed by atoms with Crippen molar-refractivity contribution in [2.24, 2.45) is 17.8 Å². The number of nitrogens with zero attached hydrogens (tertiary/aromatic N) is 4. The van der Waals surface area contributed by atoms with Crippen molar-refractivity contribution in [2.75, 3.05) is 31.1 Å². The average molecular weight is 526 g/mol. The van der Waals surface area contributed by atoms with E-state index in [1.165, 1.54) is 6.42 Å². The Balaban J connectivity index is 1.23. The zero-order valence-electron chi connectivity index (χ0n) is 19.0. The van der Waals surface area contributed by atoms with Gasteiger partial charge < -0.3 is 14.7 Å². The van der Waals surface area contributed by atoms with Gasteiger partial charge in [-0.2, -0.15) is 4.98 Å². The SMILES string of the molecule is Cc1nc(N2CC([C@@H]3CN(CCC(=O)O)C4CC43)C2)nc(O[C@H](C)c2ccc(Cl)cc2Cl)c1Cl. The summed E-state index contributed by atoms with van der Waals surface area (Å²) in [4.78, 5) is 24.7. The molecule has 34 heavy (non-hydrogen) atoms. The van der Waals surface area contributed by atoms with E-state index in [0.29, 0.717) is 62.9 Å². The minimum absolute atomic E-state index is 0.215. The maximum absolute atomic E-state index is 10.9. The summed E-state index contributed by atoms with van der Waals surface area (Å²) < 4.78 is 6.11. The molecule has 1 saturated carbocycles. The van der Waals surface area contributed by atoms with Crippen LogP contribution in [0.5, 0.6) is 5.88 Å². The molecule has 3 aliphatic rings. The van der Waals surface area contributed by atoms with Gasteiger partial charge in [0.1, 0.15) is 11.1 Å². The molecule has 1 aromatic carbocycles. The van der Waals surface area contributed by atoms with Crippen molar-refractivity contribution in [1.82, 2.24) is 14.9 Å². The molecular weight excluding hydrogens is 499 g/mol. The Hall–Kier alpha value is -1.80. The third-order valence-electron chi connectivity index (χ3n) is 7.34. The zero-order chi connectivity index (χ0) is 24.1. The Labute approximate surface area is 214 Å². The number of rotatable bonds is 8. The topological polar surface area (TPSA) is 78.8 Å². The lowest BCUT2D eigenvalue weighted by Crippen LogP contribution is -2.52. The number of anilines is 1. The van der Waals surface area contributed by atoms with Gasteiger partial charge in [0.15, 0.2) is 0 Å². The molecule has 2 unspecified atom stereocenters. The van der Waals surface area contributed by atoms with Gasteiger partial charge in [-0.1, -0.05) is 40.9 Å². The van der Waals surface area contributed by atoms with Gasteiger partial charge in [0, 0.05) is 47.8 Å². The van der Waals surface area contributed by atoms with Crippen LogP contribution in [0.1, 0.15) is 37.1 Å². The Morgan fingerprint density at radius 2 is 1.97 bits per heavy atom. The molecular formula is C24H27Cl3N4O3. The first kappa shape index (κ1) is 23.9. The van der Waals surface area contributed by atoms with Crippen LogP contribution in [-0.2, 0) is 4.79 Å². The van der Waals surface area contributed by atoms with Crippen LogP contribution >= 0.6 is 34.8 Å². The number of carboxylic acid groups (broad SMARTS) is 1. The molecule has 5 rings (SSSR count). The molecule has 2 aromatic rings. The maximum Gasteiger partial charge on any atom is 0.304 e. The molecule has 0 spiro atoms. The van der Waals surface area contributed by atoms with Gasteiger partial charge in [0.25, 0.3) is 0 Å². The third kappa shape index (κ3) is 4.68. The van der Waals surface area contributed by atoms with Crippen LogP contribution in [0.4, 0.5) is 5.95 Å². The number of hydrogen-bond donors (Lipinski definition) is 1. The van der Waals surface area contributed by atoms with Crippen LogP contribution in [0.3, 0.4) is 0 Å². The first-order valence-corrected chi connectivity index (χ1v) is 12.7. The van der Waals surface area contributed by atoms with Crippen LogP contribution < -0.4 is 9.64 Å². The molecule has 3 fully saturated rings. The number of aliphatic carboxylic acids is 1. The van der Waals surface area contributed by atoms with E-state index in [1.54, 1.807) is 12.1 Å². The summed E-state index contributed by atoms with van der Waals surface area (Å²) in [6.07, 6.45) is 1.05. The lowest BCUT2D eigenvalue weighted by Gasteiger charge is -2.43. The van der Waals surface area contributed by atoms with Crippen LogP contribution in [0.25, 0.3) is 0 Å². The van der Waals surface area contributed by atoms with Crippen LogP contribution in [0.2, 0.25) is 15.1 Å². The molecule has 1 N–H and O–H groups in total. The summed E-state index contributed by atoms with van der Waals surface area (Å²) in [7, 11) is 0. The summed E-state index contributed by atoms with van der Waals surface area (Å²) in [6.45, 7) is 7.17. The second-order valence-electron chi connectivity index (χ2n) is 9.59. The normalized spacial score (nSPS) is 25.1. The predicted octanol–water partition coefficient (Wildman–Crippen LogP) is 5.12. The number of carboxylic acids is 1. The van der Waals surface area contributed by atoms with E-state index in [0.717, 1.165) is 25.2 Å². The molecule has 4 atom stereocenters. The van der Waals surface area contributed by atoms with Crippen LogP contribution in [0, 0.1) is 24.7 Å². The van der Waals surface area contributed by atoms with E-state index in [-0.39, 0.29) is 12.5 Å². The quantitative estimate of drug-likeness (QED) is 0.513. The van der Waals surface area contributed by atoms with Crippen molar-refractivity contribution in [3.8, 4) is 5.88 Å². The number of ether oxygens (including phenoxy) is 1. The number of aromatic nitrogens is 2. The van der Waals surface area contributed by atoms with E-state index in [1.807, 2.05) is 19.9 Å². The van der Waals surface area contributed by atoms with Crippen molar-refractivity contribution in [2.45, 2.75) is 38.8 Å². The molecule has 10 heteroatoms. The number of fused-ring (bicyclic) bond motifs is 1. The fourth-order valence-electron chi connectivity index (χ4n) is 5.36. The second-order valence-corrected chi connectivity index (χ2v) is 10.8. The fourth-order valence-corrected chi connectivity index (χ4v) is 6.06. The summed E-state index contributed by atoms with van der Waals surface area (Å²) in [5.74, 6) is 2.13. The van der Waals surface area contributed by atoms with Crippen molar-refractivity contribution in [3.05, 3.63) is 44.5 Å². The number of aryl methyl sites for hydroxylation is 1. The van der Waals surface area contributed by atoms with E-state index in [4.69, 9.17) is 44.6 Å². The molecule has 182 valence electrons. The highest BCUT2D eigenvalue weighted by Crippen LogP contribution is 2.52. The number of carbonyl (C=O) groups is 1. The minimum Gasteiger partial charge on any atom is -0.481 e. The third-order valence-corrected chi connectivity index (χ3v) is 8.34. The summed E-state index contributed by atoms with van der Waals surface area (Å²) in [6, 6.07) is 5.88. The van der Waals surface area contributed by atoms with Gasteiger partial charge in [0.05, 0.1) is 12.1 Å². The second kappa shape index (κ2) is 9.34. The standard InChI is InChI=1S/C24H27Cl3N4O3/c1-12-22(27)23(34-13(2)16-4-3-15(25)7-19(16)26)29-24(28-12)31-9-14(10-31)18-11-30(6-5-21(32)33)20-8-17(18)20/h3-4,7,13-14,17-18,20H,5-6,8-11H2,1-2H3,(H,32,33)/t13-,17?,18+,20?/m1/s1. The number of hydrogen-bond acceptors (Lipinski definition) is 6. The largest absolute Gasteiger partial charge is 0.481 e. The molecule has 7 nitrogen and oxygen atoms in total. The molecule has 3 heterocycles. The van der Waals surface area contributed by atoms with E-state index >= 15 is 0 Å². The number of benzene rings is 1. The summed E-state index contributed by atoms with van der Waals surface area (Å²) in [5.41, 5.74) is 1.47. The van der Waals surface area contributed by atoms with Gasteiger partial charge in [0.2, 0.25) is 11.8 Å². The number of likely N-dealkylation sites (tertiary alicyclic amines) is 1. The highest BCUT2D eigenvalue weighted by Gasteiger charge is 2.56. The minimum atomic E-state index is -0.726. The van der Waals surface area contributed by atoms with Gasteiger partial charge in [-0.25, -0.2) is 4.98 Å². The van der Waals surface area contributed by atoms with Crippen molar-refractivity contribution in [1.29, 1.82) is 0 Å². The first-order chi connectivity index (χ1) is 16.2. The monoisotopic (exact) mass is 524 g/mol. The van der Waals surface area contributed by atoms with Crippen LogP contribution in [-0.4, -0.2) is 58.2 Å². The molecule has 0 radical (unpaired) electrons. The smallest absolute Gasteiger partial charge is 0.304 e. The van der Waals surface area contributed by atoms with Gasteiger partial charge in [-0.3, -0.25) is 9.69 Å². The molecule has 1 aliphatic carbocycles. The lowest BCUT2D eigenvalue weighted by molar-refractivity contribution is -0.137. The predicted molar refractivity (Wildman–Crippen MR) is 132 cm³/mol. The van der Waals surface area contributed by atoms with Crippen molar-refractivity contribution < 1.29 is 14.6 Å². The Kier molecular flexibility index (Phi) is 6.57. The summed E-state index contributed by atoms with van der Waals surface area (Å²) >= 11 is 18.8. The van der Waals surface area contributed by atoms with Gasteiger partial charge in [-0.15, -0.1) is 0 Å². The summed E-state index contributed by atoms with van der Waals surface area (Å²) in [5, 5.41) is 10.5. The van der Waals surface area contributed by atoms with Gasteiger partial charge >= 0.3 is 5.97 Å². The van der Waals surface area contributed by atoms with E-state index < -0.39 is 5.97 Å². The highest BCUT2D eigenvalue weighted by atomic mass is 35.5. The lowest BCUT2D eigenvalue weighted by atomic mass is 9.83. The Bertz CT molecular complexity index is 1110. The maximum atomic E-state index is 10.9. The average Bonchev–Trinajstić information content (AvgIpc) is 3.45. The number of piperidine rings is 1.